The number of aromatic hydroxyl groups is 2. The average Bonchev–Trinajstić information content (AvgIpc) is 3.63. The van der Waals surface area contributed by atoms with Gasteiger partial charge < -0.3 is 40.6 Å². The van der Waals surface area contributed by atoms with Crippen molar-refractivity contribution in [3.05, 3.63) is 225 Å². The number of nitrogens with one attached hydrogen (secondary N) is 3. The van der Waals surface area contributed by atoms with E-state index in [1.54, 1.807) is 97.1 Å². The van der Waals surface area contributed by atoms with Crippen LogP contribution in [0.5, 0.6) is 11.5 Å². The smallest absolute Gasteiger partial charge is 0.494 e. The fourth-order valence-electron chi connectivity index (χ4n) is 7.57. The number of rotatable bonds is 10. The van der Waals surface area contributed by atoms with E-state index in [9.17, 15) is 34.5 Å². The van der Waals surface area contributed by atoms with Crippen LogP contribution in [0.4, 0.5) is 17.1 Å². The highest BCUT2D eigenvalue weighted by Crippen LogP contribution is 2.37. The summed E-state index contributed by atoms with van der Waals surface area (Å²) in [5.41, 5.74) is 8.48. The topological polar surface area (TPSA) is 184 Å². The highest BCUT2D eigenvalue weighted by atomic mass is 35.5. The van der Waals surface area contributed by atoms with Crippen LogP contribution in [0.15, 0.2) is 182 Å². The molecule has 380 valence electrons. The Labute approximate surface area is 446 Å². The van der Waals surface area contributed by atoms with Crippen molar-refractivity contribution in [1.29, 1.82) is 0 Å². The van der Waals surface area contributed by atoms with Crippen LogP contribution in [0.1, 0.15) is 80.3 Å². The van der Waals surface area contributed by atoms with E-state index in [-0.39, 0.29) is 39.6 Å². The zero-order chi connectivity index (χ0) is 54.0. The highest BCUT2D eigenvalue weighted by Gasteiger charge is 2.51. The van der Waals surface area contributed by atoms with E-state index in [2.05, 4.69) is 16.0 Å². The quantitative estimate of drug-likeness (QED) is 0.0726. The summed E-state index contributed by atoms with van der Waals surface area (Å²) in [6, 6.07) is 52.7. The molecule has 0 saturated carbocycles. The lowest BCUT2D eigenvalue weighted by Crippen LogP contribution is -2.41. The molecular weight excluding hydrogens is 988 g/mol. The minimum atomic E-state index is -1.15. The number of benzene rings is 8. The number of halogens is 2. The van der Waals surface area contributed by atoms with Gasteiger partial charge in [0.15, 0.2) is 0 Å². The highest BCUT2D eigenvalue weighted by molar-refractivity contribution is 6.62. The molecule has 15 heteroatoms. The maximum absolute atomic E-state index is 12.4. The van der Waals surface area contributed by atoms with Crippen molar-refractivity contribution in [3.8, 4) is 33.8 Å². The molecule has 1 saturated heterocycles. The van der Waals surface area contributed by atoms with Crippen LogP contribution in [0, 0.1) is 13.8 Å². The molecule has 3 amide bonds. The first kappa shape index (κ1) is 54.6. The van der Waals surface area contributed by atoms with E-state index < -0.39 is 30.2 Å². The van der Waals surface area contributed by atoms with Crippen molar-refractivity contribution >= 4 is 76.5 Å². The monoisotopic (exact) mass is 1040 g/mol. The number of amides is 3. The van der Waals surface area contributed by atoms with Crippen molar-refractivity contribution in [3.63, 3.8) is 0 Å². The lowest BCUT2D eigenvalue weighted by atomic mass is 9.78. The SMILES string of the molecule is Cc1ccc(-c2ccc(O)c(Cl)c2)cc1NC(=O)c1ccccc1.Cc1ccc(B2OC(C)(C)C(C)(C)O2)cc1NC(=O)c1ccccc1.O=C(Nc1cc(-c2ccc(O)c(Cl)c2)ccc1C(=O)O)c1ccccc1. The van der Waals surface area contributed by atoms with Gasteiger partial charge in [-0.1, -0.05) is 120 Å². The maximum atomic E-state index is 12.4. The summed E-state index contributed by atoms with van der Waals surface area (Å²) in [5.74, 6) is -1.84. The van der Waals surface area contributed by atoms with Gasteiger partial charge in [0.1, 0.15) is 11.5 Å². The molecule has 12 nitrogen and oxygen atoms in total. The van der Waals surface area contributed by atoms with Crippen molar-refractivity contribution < 1.29 is 43.8 Å². The molecule has 0 radical (unpaired) electrons. The van der Waals surface area contributed by atoms with Gasteiger partial charge in [0, 0.05) is 28.1 Å². The molecule has 0 aromatic heterocycles. The first-order valence-corrected chi connectivity index (χ1v) is 24.5. The normalized spacial score (nSPS) is 13.0. The zero-order valence-corrected chi connectivity index (χ0v) is 43.5. The second-order valence-electron chi connectivity index (χ2n) is 18.6. The molecule has 1 fully saturated rings. The Morgan fingerprint density at radius 1 is 0.453 bits per heavy atom. The predicted octanol–water partition coefficient (Wildman–Crippen LogP) is 13.5. The zero-order valence-electron chi connectivity index (χ0n) is 41.9. The first-order chi connectivity index (χ1) is 35.7. The Morgan fingerprint density at radius 3 is 1.21 bits per heavy atom. The van der Waals surface area contributed by atoms with Crippen LogP contribution < -0.4 is 21.4 Å². The average molecular weight is 1040 g/mol. The van der Waals surface area contributed by atoms with Crippen molar-refractivity contribution in [1.82, 2.24) is 0 Å². The van der Waals surface area contributed by atoms with Crippen LogP contribution in [0.25, 0.3) is 22.3 Å². The van der Waals surface area contributed by atoms with E-state index in [4.69, 9.17) is 32.5 Å². The molecule has 8 aromatic rings. The maximum Gasteiger partial charge on any atom is 0.494 e. The van der Waals surface area contributed by atoms with E-state index in [0.717, 1.165) is 39.1 Å². The summed E-state index contributed by atoms with van der Waals surface area (Å²) in [7, 11) is -0.446. The molecule has 0 atom stereocenters. The minimum absolute atomic E-state index is 0.0251. The summed E-state index contributed by atoms with van der Waals surface area (Å²) in [4.78, 5) is 48.6. The molecule has 75 heavy (non-hydrogen) atoms. The second kappa shape index (κ2) is 23.8. The number of hydrogen-bond acceptors (Lipinski definition) is 8. The van der Waals surface area contributed by atoms with E-state index in [1.165, 1.54) is 12.1 Å². The van der Waals surface area contributed by atoms with E-state index in [0.29, 0.717) is 32.8 Å². The molecule has 1 aliphatic heterocycles. The summed E-state index contributed by atoms with van der Waals surface area (Å²) >= 11 is 11.9. The summed E-state index contributed by atoms with van der Waals surface area (Å²) in [6.07, 6.45) is 0. The van der Waals surface area contributed by atoms with Crippen molar-refractivity contribution in [2.75, 3.05) is 16.0 Å². The molecule has 0 spiro atoms. The van der Waals surface area contributed by atoms with Gasteiger partial charge in [0.2, 0.25) is 0 Å². The fourth-order valence-corrected chi connectivity index (χ4v) is 7.94. The van der Waals surface area contributed by atoms with E-state index >= 15 is 0 Å². The Hall–Kier alpha value is -8.20. The number of hydrogen-bond donors (Lipinski definition) is 6. The van der Waals surface area contributed by atoms with Gasteiger partial charge in [-0.3, -0.25) is 14.4 Å². The van der Waals surface area contributed by atoms with Crippen molar-refractivity contribution in [2.24, 2.45) is 0 Å². The minimum Gasteiger partial charge on any atom is -0.506 e. The third-order valence-corrected chi connectivity index (χ3v) is 13.3. The van der Waals surface area contributed by atoms with Gasteiger partial charge in [0.05, 0.1) is 32.5 Å². The molecule has 1 heterocycles. The number of carboxylic acids is 1. The van der Waals surface area contributed by atoms with Crippen molar-refractivity contribution in [2.45, 2.75) is 52.7 Å². The third kappa shape index (κ3) is 13.7. The van der Waals surface area contributed by atoms with Crippen LogP contribution in [0.2, 0.25) is 10.0 Å². The second-order valence-corrected chi connectivity index (χ2v) is 19.4. The molecular formula is C60H54BCl2N3O9. The Morgan fingerprint density at radius 2 is 0.800 bits per heavy atom. The summed E-state index contributed by atoms with van der Waals surface area (Å²) in [6.45, 7) is 12.0. The molecule has 0 bridgehead atoms. The first-order valence-electron chi connectivity index (χ1n) is 23.7. The van der Waals surface area contributed by atoms with Gasteiger partial charge >= 0.3 is 13.1 Å². The Bertz CT molecular complexity index is 3360. The lowest BCUT2D eigenvalue weighted by molar-refractivity contribution is 0.00578. The number of phenols is 2. The van der Waals surface area contributed by atoms with Crippen LogP contribution in [-0.2, 0) is 9.31 Å². The van der Waals surface area contributed by atoms with E-state index in [1.807, 2.05) is 114 Å². The molecule has 8 aromatic carbocycles. The number of aromatic carboxylic acids is 1. The number of aryl methyl sites for hydroxylation is 2. The predicted molar refractivity (Wildman–Crippen MR) is 299 cm³/mol. The summed E-state index contributed by atoms with van der Waals surface area (Å²) < 4.78 is 12.2. The van der Waals surface area contributed by atoms with Gasteiger partial charge in [-0.25, -0.2) is 4.79 Å². The molecule has 0 aliphatic carbocycles. The van der Waals surface area contributed by atoms with Gasteiger partial charge in [-0.05, 0) is 165 Å². The number of carbonyl (C=O) groups is 4. The fraction of sp³-hybridized carbons (Fsp3) is 0.133. The number of carbonyl (C=O) groups excluding carboxylic acids is 3. The van der Waals surface area contributed by atoms with Gasteiger partial charge in [-0.15, -0.1) is 0 Å². The lowest BCUT2D eigenvalue weighted by Gasteiger charge is -2.32. The molecule has 9 rings (SSSR count). The Kier molecular flexibility index (Phi) is 17.3. The molecule has 0 unspecified atom stereocenters. The van der Waals surface area contributed by atoms with Gasteiger partial charge in [-0.2, -0.15) is 0 Å². The number of anilines is 3. The standard InChI is InChI=1S/C20H24BNO3.C20H14ClNO4.C20H16ClNO2/c1-14-11-12-16(21-24-19(2,3)20(4,5)25-21)13-17(14)22-18(23)15-9-7-6-8-10-15;21-16-10-13(7-9-18(16)23)14-6-8-15(20(25)26)17(11-14)22-19(24)12-4-2-1-3-5-12;1-13-7-8-16(15-9-10-19(23)17(21)11-15)12-18(13)22-20(24)14-5-3-2-4-6-14/h6-13H,1-5H3,(H,22,23);1-11,23H,(H,22,24)(H,25,26);2-12,23H,1H3,(H,22,24). The van der Waals surface area contributed by atoms with Gasteiger partial charge in [0.25, 0.3) is 17.7 Å². The number of phenolic OH excluding ortho intramolecular Hbond substituents is 2. The van der Waals surface area contributed by atoms with Crippen LogP contribution in [-0.4, -0.2) is 57.3 Å². The third-order valence-electron chi connectivity index (χ3n) is 12.7. The van der Waals surface area contributed by atoms with Crippen LogP contribution in [0.3, 0.4) is 0 Å². The molecule has 6 N–H and O–H groups in total. The summed E-state index contributed by atoms with van der Waals surface area (Å²) in [5, 5.41) is 37.5. The largest absolute Gasteiger partial charge is 0.506 e. The number of carboxylic acid groups (broad SMARTS) is 1. The molecule has 1 aliphatic rings. The Balaban J connectivity index is 0.000000164. The van der Waals surface area contributed by atoms with Crippen LogP contribution >= 0.6 is 23.2 Å².